The summed E-state index contributed by atoms with van der Waals surface area (Å²) in [5.74, 6) is -0.628. The number of halogens is 1. The summed E-state index contributed by atoms with van der Waals surface area (Å²) in [6, 6.07) is 23.2. The van der Waals surface area contributed by atoms with Gasteiger partial charge >= 0.3 is 0 Å². The predicted octanol–water partition coefficient (Wildman–Crippen LogP) is 6.79. The maximum atomic E-state index is 14.9. The van der Waals surface area contributed by atoms with Gasteiger partial charge in [-0.1, -0.05) is 79.0 Å². The highest BCUT2D eigenvalue weighted by atomic mass is 35.5. The number of fused-ring (bicyclic) bond motifs is 2. The number of benzene rings is 3. The van der Waals surface area contributed by atoms with Crippen molar-refractivity contribution in [3.05, 3.63) is 106 Å². The highest BCUT2D eigenvalue weighted by molar-refractivity contribution is 6.71. The molecule has 1 aromatic heterocycles. The van der Waals surface area contributed by atoms with Crippen LogP contribution in [0.5, 0.6) is 0 Å². The van der Waals surface area contributed by atoms with E-state index < -0.39 is 20.0 Å². The van der Waals surface area contributed by atoms with E-state index in [4.69, 9.17) is 16.3 Å². The van der Waals surface area contributed by atoms with E-state index >= 15 is 0 Å². The van der Waals surface area contributed by atoms with E-state index in [1.165, 1.54) is 0 Å². The van der Waals surface area contributed by atoms with Crippen molar-refractivity contribution >= 4 is 43.1 Å². The summed E-state index contributed by atoms with van der Waals surface area (Å²) in [5, 5.41) is 19.4. The number of hydrogen-bond acceptors (Lipinski definition) is 7. The second-order valence-corrected chi connectivity index (χ2v) is 19.5. The molecule has 3 aromatic carbocycles. The molecule has 0 radical (unpaired) electrons. The minimum atomic E-state index is -2.88. The molecule has 7 rings (SSSR count). The fraction of sp³-hybridized carbons (Fsp3) is 0.450. The number of nitrogens with zero attached hydrogens (tertiary/aromatic N) is 5. The van der Waals surface area contributed by atoms with E-state index in [-0.39, 0.29) is 35.8 Å². The summed E-state index contributed by atoms with van der Waals surface area (Å²) in [6.07, 6.45) is 6.64. The van der Waals surface area contributed by atoms with Crippen LogP contribution in [0.1, 0.15) is 73.8 Å². The van der Waals surface area contributed by atoms with E-state index in [1.54, 1.807) is 15.6 Å². The van der Waals surface area contributed by atoms with Crippen LogP contribution in [0.25, 0.3) is 0 Å². The molecule has 2 saturated heterocycles. The summed E-state index contributed by atoms with van der Waals surface area (Å²) < 4.78 is 8.75. The van der Waals surface area contributed by atoms with E-state index in [0.717, 1.165) is 60.3 Å². The van der Waals surface area contributed by atoms with Crippen molar-refractivity contribution in [1.29, 1.82) is 0 Å². The minimum absolute atomic E-state index is 0.0936. The van der Waals surface area contributed by atoms with Gasteiger partial charge in [0, 0.05) is 53.4 Å². The SMILES string of the molecule is C[C@H]1[C@H]([Si](C)(C)O)[C@@H](CCn2cc(C(CO)c3ccccc3)nn2)O[C@]12C(=O)N(Cc1ccc(N3CCCCCCC3=O)cc1)c1ccc(Cl)cc12. The lowest BCUT2D eigenvalue weighted by molar-refractivity contribution is -0.146. The van der Waals surface area contributed by atoms with Crippen LogP contribution in [0.3, 0.4) is 0 Å². The van der Waals surface area contributed by atoms with Crippen molar-refractivity contribution in [2.75, 3.05) is 23.0 Å². The summed E-state index contributed by atoms with van der Waals surface area (Å²) in [7, 11) is -2.88. The third-order valence-electron chi connectivity index (χ3n) is 11.3. The first kappa shape index (κ1) is 36.5. The Balaban J connectivity index is 1.14. The Morgan fingerprint density at radius 2 is 1.77 bits per heavy atom. The standard InChI is InChI=1S/C40H48ClN5O5Si/c1-27-38(52(2,3)50)36(20-22-44-25-34(42-43-44)32(26-47)29-11-7-6-8-12-29)51-40(27)33-23-30(41)16-19-35(33)46(39(40)49)24-28-14-17-31(18-15-28)45-21-10-5-4-9-13-37(45)48/h6-8,11-12,14-19,23,25,27,32,36,38,47,50H,4-5,9-10,13,20-22,24,26H2,1-3H3/t27-,32?,36+,38-,40+/m0/s1. The average Bonchev–Trinajstić information content (AvgIpc) is 3.77. The lowest BCUT2D eigenvalue weighted by atomic mass is 9.82. The van der Waals surface area contributed by atoms with Gasteiger partial charge in [0.2, 0.25) is 5.91 Å². The number of carbonyl (C=O) groups is 2. The van der Waals surface area contributed by atoms with Crippen LogP contribution in [0.15, 0.2) is 79.0 Å². The van der Waals surface area contributed by atoms with Gasteiger partial charge in [0.1, 0.15) is 0 Å². The third kappa shape index (κ3) is 6.85. The van der Waals surface area contributed by atoms with E-state index in [1.807, 2.05) is 97.8 Å². The quantitative estimate of drug-likeness (QED) is 0.172. The van der Waals surface area contributed by atoms with Crippen molar-refractivity contribution < 1.29 is 24.2 Å². The zero-order valence-electron chi connectivity index (χ0n) is 30.1. The smallest absolute Gasteiger partial charge is 0.264 e. The highest BCUT2D eigenvalue weighted by Gasteiger charge is 2.66. The number of aryl methyl sites for hydroxylation is 1. The maximum absolute atomic E-state index is 14.9. The summed E-state index contributed by atoms with van der Waals surface area (Å²) in [4.78, 5) is 43.1. The number of hydrogen-bond donors (Lipinski definition) is 2. The molecule has 4 heterocycles. The molecule has 2 N–H and O–H groups in total. The predicted molar refractivity (Wildman–Crippen MR) is 204 cm³/mol. The number of anilines is 2. The largest absolute Gasteiger partial charge is 0.432 e. The first-order chi connectivity index (χ1) is 25.0. The fourth-order valence-electron chi connectivity index (χ4n) is 8.77. The molecule has 10 nitrogen and oxygen atoms in total. The van der Waals surface area contributed by atoms with Crippen molar-refractivity contribution in [1.82, 2.24) is 15.0 Å². The minimum Gasteiger partial charge on any atom is -0.432 e. The highest BCUT2D eigenvalue weighted by Crippen LogP contribution is 2.60. The zero-order chi connectivity index (χ0) is 36.6. The van der Waals surface area contributed by atoms with Crippen molar-refractivity contribution in [2.45, 2.75) is 94.8 Å². The number of aliphatic hydroxyl groups is 1. The van der Waals surface area contributed by atoms with Gasteiger partial charge in [-0.25, -0.2) is 0 Å². The molecular formula is C40H48ClN5O5Si. The molecule has 1 unspecified atom stereocenters. The molecule has 3 aliphatic rings. The molecule has 2 amide bonds. The topological polar surface area (TPSA) is 121 Å². The van der Waals surface area contributed by atoms with Gasteiger partial charge < -0.3 is 24.4 Å². The molecule has 12 heteroatoms. The molecule has 274 valence electrons. The van der Waals surface area contributed by atoms with Gasteiger partial charge in [0.15, 0.2) is 13.9 Å². The number of carbonyl (C=O) groups excluding carboxylic acids is 2. The molecule has 1 spiro atoms. The van der Waals surface area contributed by atoms with Crippen LogP contribution in [0.4, 0.5) is 11.4 Å². The molecule has 0 aliphatic carbocycles. The molecule has 5 atom stereocenters. The summed E-state index contributed by atoms with van der Waals surface area (Å²) >= 11 is 6.61. The van der Waals surface area contributed by atoms with Crippen LogP contribution in [-0.2, 0) is 33.0 Å². The van der Waals surface area contributed by atoms with Crippen molar-refractivity contribution in [3.63, 3.8) is 0 Å². The van der Waals surface area contributed by atoms with Crippen molar-refractivity contribution in [2.24, 2.45) is 5.92 Å². The van der Waals surface area contributed by atoms with Crippen LogP contribution in [-0.4, -0.2) is 64.3 Å². The average molecular weight is 742 g/mol. The van der Waals surface area contributed by atoms with Crippen LogP contribution in [0, 0.1) is 5.92 Å². The molecule has 2 fully saturated rings. The van der Waals surface area contributed by atoms with Gasteiger partial charge in [0.25, 0.3) is 5.91 Å². The van der Waals surface area contributed by atoms with Crippen LogP contribution >= 0.6 is 11.6 Å². The molecule has 0 bridgehead atoms. The van der Waals surface area contributed by atoms with E-state index in [2.05, 4.69) is 10.3 Å². The maximum Gasteiger partial charge on any atom is 0.264 e. The first-order valence-electron chi connectivity index (χ1n) is 18.5. The number of rotatable bonds is 10. The van der Waals surface area contributed by atoms with Gasteiger partial charge in [-0.05, 0) is 73.8 Å². The van der Waals surface area contributed by atoms with Gasteiger partial charge in [-0.2, -0.15) is 0 Å². The Morgan fingerprint density at radius 3 is 2.50 bits per heavy atom. The Hall–Kier alpha value is -3.87. The van der Waals surface area contributed by atoms with E-state index in [9.17, 15) is 19.5 Å². The van der Waals surface area contributed by atoms with Gasteiger partial charge in [0.05, 0.1) is 36.6 Å². The van der Waals surface area contributed by atoms with Crippen LogP contribution < -0.4 is 9.80 Å². The number of ether oxygens (including phenoxy) is 1. The Labute approximate surface area is 311 Å². The third-order valence-corrected chi connectivity index (χ3v) is 14.0. The fourth-order valence-corrected chi connectivity index (χ4v) is 11.5. The van der Waals surface area contributed by atoms with E-state index in [0.29, 0.717) is 36.6 Å². The monoisotopic (exact) mass is 741 g/mol. The summed E-state index contributed by atoms with van der Waals surface area (Å²) in [6.45, 7) is 7.26. The zero-order valence-corrected chi connectivity index (χ0v) is 31.9. The molecule has 3 aliphatic heterocycles. The summed E-state index contributed by atoms with van der Waals surface area (Å²) in [5.41, 5.74) is 3.35. The number of amides is 2. The van der Waals surface area contributed by atoms with Crippen LogP contribution in [0.2, 0.25) is 23.7 Å². The lowest BCUT2D eigenvalue weighted by Crippen LogP contribution is -2.46. The molecule has 0 saturated carbocycles. The molecular weight excluding hydrogens is 694 g/mol. The Morgan fingerprint density at radius 1 is 1.02 bits per heavy atom. The van der Waals surface area contributed by atoms with Crippen molar-refractivity contribution in [3.8, 4) is 0 Å². The second-order valence-electron chi connectivity index (χ2n) is 15.1. The van der Waals surface area contributed by atoms with Gasteiger partial charge in [-0.15, -0.1) is 5.10 Å². The normalized spacial score (nSPS) is 24.3. The lowest BCUT2D eigenvalue weighted by Gasteiger charge is -2.32. The Bertz CT molecular complexity index is 1900. The molecule has 52 heavy (non-hydrogen) atoms. The number of aromatic nitrogens is 3. The van der Waals surface area contributed by atoms with Gasteiger partial charge in [-0.3, -0.25) is 14.3 Å². The Kier molecular flexibility index (Phi) is 10.4. The molecule has 4 aromatic rings. The number of aliphatic hydroxyl groups excluding tert-OH is 1. The first-order valence-corrected chi connectivity index (χ1v) is 21.9. The second kappa shape index (κ2) is 14.9.